The van der Waals surface area contributed by atoms with Crippen LogP contribution in [0, 0.1) is 6.92 Å². The lowest BCUT2D eigenvalue weighted by atomic mass is 10.3. The van der Waals surface area contributed by atoms with E-state index in [2.05, 4.69) is 35.9 Å². The molecule has 2 heterocycles. The zero-order chi connectivity index (χ0) is 14.8. The molecule has 0 atom stereocenters. The third-order valence-electron chi connectivity index (χ3n) is 2.61. The van der Waals surface area contributed by atoms with Gasteiger partial charge in [-0.25, -0.2) is 13.4 Å². The first-order chi connectivity index (χ1) is 9.44. The molecular weight excluding hydrogens is 344 g/mol. The first-order valence-electron chi connectivity index (χ1n) is 5.71. The van der Waals surface area contributed by atoms with E-state index in [-0.39, 0.29) is 10.7 Å². The van der Waals surface area contributed by atoms with Gasteiger partial charge in [-0.2, -0.15) is 0 Å². The summed E-state index contributed by atoms with van der Waals surface area (Å²) in [5.74, 6) is 0.285. The van der Waals surface area contributed by atoms with Gasteiger partial charge in [-0.05, 0) is 40.5 Å². The number of rotatable bonds is 4. The van der Waals surface area contributed by atoms with Crippen molar-refractivity contribution in [2.45, 2.75) is 11.8 Å². The first-order valence-corrected chi connectivity index (χ1v) is 7.98. The number of aromatic nitrogens is 2. The highest BCUT2D eigenvalue weighted by Crippen LogP contribution is 2.25. The maximum atomic E-state index is 12.5. The molecule has 0 bridgehead atoms. The van der Waals surface area contributed by atoms with Gasteiger partial charge in [-0.15, -0.1) is 0 Å². The molecule has 0 aliphatic heterocycles. The quantitative estimate of drug-likeness (QED) is 0.878. The number of hydrogen-bond donors (Lipinski definition) is 2. The Bertz CT molecular complexity index is 734. The Balaban J connectivity index is 2.46. The van der Waals surface area contributed by atoms with Crippen molar-refractivity contribution in [3.8, 4) is 0 Å². The lowest BCUT2D eigenvalue weighted by Gasteiger charge is -2.12. The van der Waals surface area contributed by atoms with Crippen molar-refractivity contribution in [2.75, 3.05) is 17.1 Å². The summed E-state index contributed by atoms with van der Waals surface area (Å²) in [4.78, 5) is 8.04. The summed E-state index contributed by atoms with van der Waals surface area (Å²) in [6, 6.07) is 3.11. The summed E-state index contributed by atoms with van der Waals surface area (Å²) < 4.78 is 28.0. The van der Waals surface area contributed by atoms with Crippen LogP contribution in [0.5, 0.6) is 0 Å². The molecule has 2 rings (SSSR count). The van der Waals surface area contributed by atoms with Gasteiger partial charge in [-0.3, -0.25) is 9.71 Å². The van der Waals surface area contributed by atoms with Crippen LogP contribution in [0.15, 0.2) is 40.1 Å². The Labute approximate surface area is 125 Å². The standard InChI is InChI=1S/C12H13BrN4O2S/c1-8-6-15-4-3-10(8)17-20(18,19)11-5-9(13)7-16-12(11)14-2/h3-7H,1-2H3,(H,14,16)(H,15,17). The van der Waals surface area contributed by atoms with Gasteiger partial charge in [0.05, 0.1) is 5.69 Å². The molecule has 6 nitrogen and oxygen atoms in total. The van der Waals surface area contributed by atoms with Crippen molar-refractivity contribution < 1.29 is 8.42 Å². The van der Waals surface area contributed by atoms with Gasteiger partial charge >= 0.3 is 0 Å². The Morgan fingerprint density at radius 2 is 2.05 bits per heavy atom. The Kier molecular flexibility index (Phi) is 4.24. The minimum atomic E-state index is -3.73. The second-order valence-corrected chi connectivity index (χ2v) is 6.61. The van der Waals surface area contributed by atoms with Crippen molar-refractivity contribution >= 4 is 37.5 Å². The molecule has 0 spiro atoms. The summed E-state index contributed by atoms with van der Waals surface area (Å²) in [7, 11) is -2.12. The molecule has 20 heavy (non-hydrogen) atoms. The average molecular weight is 357 g/mol. The molecule has 0 fully saturated rings. The van der Waals surface area contributed by atoms with Crippen LogP contribution < -0.4 is 10.0 Å². The SMILES string of the molecule is CNc1ncc(Br)cc1S(=O)(=O)Nc1ccncc1C. The van der Waals surface area contributed by atoms with Gasteiger partial charge in [0, 0.05) is 30.1 Å². The average Bonchev–Trinajstić information content (AvgIpc) is 2.41. The van der Waals surface area contributed by atoms with Gasteiger partial charge in [-0.1, -0.05) is 0 Å². The predicted molar refractivity (Wildman–Crippen MR) is 81.3 cm³/mol. The molecule has 0 radical (unpaired) electrons. The molecule has 0 unspecified atom stereocenters. The van der Waals surface area contributed by atoms with E-state index < -0.39 is 10.0 Å². The third kappa shape index (κ3) is 3.07. The third-order valence-corrected chi connectivity index (χ3v) is 4.42. The Morgan fingerprint density at radius 1 is 1.30 bits per heavy atom. The summed E-state index contributed by atoms with van der Waals surface area (Å²) in [6.07, 6.45) is 4.65. The van der Waals surface area contributed by atoms with E-state index in [1.54, 1.807) is 26.2 Å². The number of aryl methyl sites for hydroxylation is 1. The molecule has 2 aromatic heterocycles. The van der Waals surface area contributed by atoms with Crippen molar-refractivity contribution in [1.29, 1.82) is 0 Å². The number of halogens is 1. The summed E-state index contributed by atoms with van der Waals surface area (Å²) in [6.45, 7) is 1.78. The molecule has 0 aromatic carbocycles. The van der Waals surface area contributed by atoms with Crippen LogP contribution in [0.4, 0.5) is 11.5 Å². The monoisotopic (exact) mass is 356 g/mol. The van der Waals surface area contributed by atoms with E-state index in [0.29, 0.717) is 10.2 Å². The highest BCUT2D eigenvalue weighted by molar-refractivity contribution is 9.10. The van der Waals surface area contributed by atoms with Crippen molar-refractivity contribution in [3.05, 3.63) is 40.8 Å². The lowest BCUT2D eigenvalue weighted by Crippen LogP contribution is -2.16. The van der Waals surface area contributed by atoms with Crippen LogP contribution in [0.1, 0.15) is 5.56 Å². The van der Waals surface area contributed by atoms with Gasteiger partial charge in [0.1, 0.15) is 10.7 Å². The van der Waals surface area contributed by atoms with Crippen LogP contribution in [-0.2, 0) is 10.0 Å². The number of sulfonamides is 1. The summed E-state index contributed by atoms with van der Waals surface area (Å²) in [5, 5.41) is 2.77. The lowest BCUT2D eigenvalue weighted by molar-refractivity contribution is 0.601. The minimum Gasteiger partial charge on any atom is -0.372 e. The molecule has 0 aliphatic rings. The van der Waals surface area contributed by atoms with E-state index in [9.17, 15) is 8.42 Å². The number of pyridine rings is 2. The zero-order valence-corrected chi connectivity index (χ0v) is 13.3. The maximum absolute atomic E-state index is 12.5. The van der Waals surface area contributed by atoms with Gasteiger partial charge < -0.3 is 5.32 Å². The van der Waals surface area contributed by atoms with E-state index in [4.69, 9.17) is 0 Å². The largest absolute Gasteiger partial charge is 0.372 e. The summed E-state index contributed by atoms with van der Waals surface area (Å²) in [5.41, 5.74) is 1.23. The number of nitrogens with zero attached hydrogens (tertiary/aromatic N) is 2. The normalized spacial score (nSPS) is 11.2. The van der Waals surface area contributed by atoms with Crippen LogP contribution in [0.25, 0.3) is 0 Å². The van der Waals surface area contributed by atoms with Gasteiger partial charge in [0.15, 0.2) is 0 Å². The second kappa shape index (κ2) is 5.76. The van der Waals surface area contributed by atoms with Gasteiger partial charge in [0.25, 0.3) is 10.0 Å². The van der Waals surface area contributed by atoms with Crippen LogP contribution in [0.2, 0.25) is 0 Å². The maximum Gasteiger partial charge on any atom is 0.265 e. The highest BCUT2D eigenvalue weighted by Gasteiger charge is 2.20. The van der Waals surface area contributed by atoms with E-state index in [0.717, 1.165) is 5.56 Å². The number of nitrogens with one attached hydrogen (secondary N) is 2. The van der Waals surface area contributed by atoms with Crippen molar-refractivity contribution in [2.24, 2.45) is 0 Å². The van der Waals surface area contributed by atoms with Crippen LogP contribution >= 0.6 is 15.9 Å². The highest BCUT2D eigenvalue weighted by atomic mass is 79.9. The van der Waals surface area contributed by atoms with E-state index >= 15 is 0 Å². The zero-order valence-electron chi connectivity index (χ0n) is 10.9. The smallest absolute Gasteiger partial charge is 0.265 e. The molecule has 0 saturated heterocycles. The molecule has 8 heteroatoms. The molecule has 2 N–H and O–H groups in total. The first kappa shape index (κ1) is 14.7. The molecule has 0 amide bonds. The molecule has 0 aliphatic carbocycles. The predicted octanol–water partition coefficient (Wildman–Crippen LogP) is 2.39. The van der Waals surface area contributed by atoms with Gasteiger partial charge in [0.2, 0.25) is 0 Å². The number of hydrogen-bond acceptors (Lipinski definition) is 5. The molecular formula is C12H13BrN4O2S. The Hall–Kier alpha value is -1.67. The molecule has 2 aromatic rings. The number of anilines is 2. The van der Waals surface area contributed by atoms with Crippen LogP contribution in [-0.4, -0.2) is 25.4 Å². The Morgan fingerprint density at radius 3 is 2.70 bits per heavy atom. The van der Waals surface area contributed by atoms with E-state index in [1.165, 1.54) is 18.5 Å². The fourth-order valence-corrected chi connectivity index (χ4v) is 3.40. The fourth-order valence-electron chi connectivity index (χ4n) is 1.60. The molecule has 106 valence electrons. The fraction of sp³-hybridized carbons (Fsp3) is 0.167. The van der Waals surface area contributed by atoms with Crippen LogP contribution in [0.3, 0.4) is 0 Å². The second-order valence-electron chi connectivity index (χ2n) is 4.05. The van der Waals surface area contributed by atoms with Crippen molar-refractivity contribution in [3.63, 3.8) is 0 Å². The van der Waals surface area contributed by atoms with Crippen molar-refractivity contribution in [1.82, 2.24) is 9.97 Å². The topological polar surface area (TPSA) is 84.0 Å². The summed E-state index contributed by atoms with van der Waals surface area (Å²) >= 11 is 3.23. The van der Waals surface area contributed by atoms with E-state index in [1.807, 2.05) is 0 Å². The minimum absolute atomic E-state index is 0.0746. The molecule has 0 saturated carbocycles.